The van der Waals surface area contributed by atoms with E-state index in [4.69, 9.17) is 10.8 Å². The van der Waals surface area contributed by atoms with Crippen LogP contribution < -0.4 is 10.5 Å². The average molecular weight is 345 g/mol. The van der Waals surface area contributed by atoms with Gasteiger partial charge in [0.1, 0.15) is 22.9 Å². The predicted octanol–water partition coefficient (Wildman–Crippen LogP) is 3.18. The maximum atomic E-state index is 13.9. The van der Waals surface area contributed by atoms with Crippen molar-refractivity contribution in [1.29, 1.82) is 0 Å². The maximum Gasteiger partial charge on any atom is 0.573 e. The Morgan fingerprint density at radius 3 is 2.21 bits per heavy atom. The molecule has 2 aromatic carbocycles. The van der Waals surface area contributed by atoms with Gasteiger partial charge in [0.15, 0.2) is 0 Å². The minimum absolute atomic E-state index is 0.154. The first-order chi connectivity index (χ1) is 11.1. The number of benzene rings is 2. The summed E-state index contributed by atoms with van der Waals surface area (Å²) >= 11 is 0. The fourth-order valence-electron chi connectivity index (χ4n) is 2.10. The normalized spacial score (nSPS) is 12.7. The fraction of sp³-hybridized carbons (Fsp3) is 0.133. The summed E-state index contributed by atoms with van der Waals surface area (Å²) < 4.78 is 53.9. The minimum atomic E-state index is -4.86. The molecule has 0 bridgehead atoms. The molecule has 1 atom stereocenters. The second-order valence-corrected chi connectivity index (χ2v) is 4.76. The van der Waals surface area contributed by atoms with Crippen LogP contribution in [0.25, 0.3) is 0 Å². The van der Waals surface area contributed by atoms with Crippen LogP contribution in [-0.2, 0) is 0 Å². The van der Waals surface area contributed by atoms with E-state index < -0.39 is 46.8 Å². The molecule has 0 aliphatic rings. The molecule has 0 unspecified atom stereocenters. The predicted molar refractivity (Wildman–Crippen MR) is 74.2 cm³/mol. The van der Waals surface area contributed by atoms with Crippen LogP contribution in [-0.4, -0.2) is 22.5 Å². The number of nitrogens with two attached hydrogens (primary N) is 1. The average Bonchev–Trinajstić information content (AvgIpc) is 2.45. The van der Waals surface area contributed by atoms with Gasteiger partial charge in [-0.3, -0.25) is 0 Å². The molecule has 2 rings (SSSR count). The molecule has 0 aromatic heterocycles. The Balaban J connectivity index is 2.37. The van der Waals surface area contributed by atoms with E-state index in [0.717, 1.165) is 36.4 Å². The van der Waals surface area contributed by atoms with Gasteiger partial charge in [-0.05, 0) is 29.8 Å². The third-order valence-electron chi connectivity index (χ3n) is 3.18. The van der Waals surface area contributed by atoms with Crippen LogP contribution in [0.3, 0.4) is 0 Å². The van der Waals surface area contributed by atoms with Gasteiger partial charge in [-0.15, -0.1) is 13.2 Å². The zero-order chi connectivity index (χ0) is 18.1. The molecule has 0 heterocycles. The van der Waals surface area contributed by atoms with Crippen LogP contribution in [0.2, 0.25) is 0 Å². The lowest BCUT2D eigenvalue weighted by Gasteiger charge is -2.17. The van der Waals surface area contributed by atoms with Crippen molar-refractivity contribution < 1.29 is 37.3 Å². The lowest BCUT2D eigenvalue weighted by molar-refractivity contribution is -0.274. The van der Waals surface area contributed by atoms with E-state index >= 15 is 0 Å². The van der Waals surface area contributed by atoms with E-state index in [-0.39, 0.29) is 5.56 Å². The number of hydrogen-bond acceptors (Lipinski definition) is 4. The van der Waals surface area contributed by atoms with Crippen LogP contribution in [0.1, 0.15) is 27.5 Å². The van der Waals surface area contributed by atoms with Gasteiger partial charge in [0.05, 0.1) is 11.6 Å². The van der Waals surface area contributed by atoms with E-state index in [1.54, 1.807) is 0 Å². The SMILES string of the molecule is N[C@H](c1ccc(OC(F)(F)F)cc1)c1c(F)ccc(C(=O)O)c1O. The van der Waals surface area contributed by atoms with Crippen molar-refractivity contribution in [2.75, 3.05) is 0 Å². The number of rotatable bonds is 4. The van der Waals surface area contributed by atoms with Gasteiger partial charge in [0, 0.05) is 0 Å². The number of halogens is 4. The highest BCUT2D eigenvalue weighted by Gasteiger charge is 2.31. The van der Waals surface area contributed by atoms with Crippen molar-refractivity contribution in [2.24, 2.45) is 5.73 Å². The Hall–Kier alpha value is -2.81. The molecule has 0 saturated carbocycles. The van der Waals surface area contributed by atoms with E-state index in [1.807, 2.05) is 0 Å². The Kier molecular flexibility index (Phi) is 4.65. The molecule has 9 heteroatoms. The van der Waals surface area contributed by atoms with Crippen LogP contribution in [0.4, 0.5) is 17.6 Å². The summed E-state index contributed by atoms with van der Waals surface area (Å²) in [5, 5.41) is 18.8. The zero-order valence-corrected chi connectivity index (χ0v) is 11.8. The van der Waals surface area contributed by atoms with Gasteiger partial charge in [0.25, 0.3) is 0 Å². The zero-order valence-electron chi connectivity index (χ0n) is 11.8. The number of aromatic carboxylic acids is 1. The Labute approximate surface area is 132 Å². The number of carboxylic acids is 1. The van der Waals surface area contributed by atoms with Gasteiger partial charge >= 0.3 is 12.3 Å². The fourth-order valence-corrected chi connectivity index (χ4v) is 2.10. The van der Waals surface area contributed by atoms with E-state index in [0.29, 0.717) is 0 Å². The largest absolute Gasteiger partial charge is 0.573 e. The lowest BCUT2D eigenvalue weighted by Crippen LogP contribution is -2.18. The van der Waals surface area contributed by atoms with E-state index in [2.05, 4.69) is 4.74 Å². The van der Waals surface area contributed by atoms with Crippen molar-refractivity contribution in [2.45, 2.75) is 12.4 Å². The smallest absolute Gasteiger partial charge is 0.507 e. The summed E-state index contributed by atoms with van der Waals surface area (Å²) in [5.41, 5.74) is 4.95. The molecule has 0 aliphatic carbocycles. The standard InChI is InChI=1S/C15H11F4NO4/c16-10-6-5-9(14(22)23)13(21)11(10)12(20)7-1-3-8(4-2-7)24-15(17,18)19/h1-6,12,21H,20H2,(H,22,23)/t12-/m1/s1. The molecular formula is C15H11F4NO4. The van der Waals surface area contributed by atoms with Crippen molar-refractivity contribution in [3.8, 4) is 11.5 Å². The summed E-state index contributed by atoms with van der Waals surface area (Å²) in [7, 11) is 0. The van der Waals surface area contributed by atoms with Gasteiger partial charge in [-0.2, -0.15) is 0 Å². The molecule has 5 nitrogen and oxygen atoms in total. The topological polar surface area (TPSA) is 92.8 Å². The van der Waals surface area contributed by atoms with Crippen molar-refractivity contribution in [1.82, 2.24) is 0 Å². The molecule has 4 N–H and O–H groups in total. The van der Waals surface area contributed by atoms with E-state index in [1.165, 1.54) is 0 Å². The van der Waals surface area contributed by atoms with E-state index in [9.17, 15) is 27.5 Å². The van der Waals surface area contributed by atoms with Crippen LogP contribution in [0, 0.1) is 5.82 Å². The number of hydrogen-bond donors (Lipinski definition) is 3. The quantitative estimate of drug-likeness (QED) is 0.740. The number of phenols is 1. The first kappa shape index (κ1) is 17.5. The summed E-state index contributed by atoms with van der Waals surface area (Å²) in [6, 6.07) is 4.67. The van der Waals surface area contributed by atoms with Crippen LogP contribution in [0.5, 0.6) is 11.5 Å². The highest BCUT2D eigenvalue weighted by Crippen LogP contribution is 2.34. The first-order valence-electron chi connectivity index (χ1n) is 6.46. The second-order valence-electron chi connectivity index (χ2n) is 4.76. The molecule has 2 aromatic rings. The summed E-state index contributed by atoms with van der Waals surface area (Å²) in [5.74, 6) is -3.76. The molecule has 128 valence electrons. The van der Waals surface area contributed by atoms with Gasteiger partial charge in [-0.1, -0.05) is 12.1 Å². The number of carbonyl (C=O) groups is 1. The molecule has 0 aliphatic heterocycles. The monoisotopic (exact) mass is 345 g/mol. The van der Waals surface area contributed by atoms with Gasteiger partial charge in [-0.25, -0.2) is 9.18 Å². The van der Waals surface area contributed by atoms with Crippen LogP contribution in [0.15, 0.2) is 36.4 Å². The Morgan fingerprint density at radius 1 is 1.12 bits per heavy atom. The third kappa shape index (κ3) is 3.74. The van der Waals surface area contributed by atoms with Crippen molar-refractivity contribution in [3.63, 3.8) is 0 Å². The number of alkyl halides is 3. The number of aromatic hydroxyl groups is 1. The molecule has 0 radical (unpaired) electrons. The highest BCUT2D eigenvalue weighted by molar-refractivity contribution is 5.91. The number of ether oxygens (including phenoxy) is 1. The molecule has 0 amide bonds. The number of carboxylic acid groups (broad SMARTS) is 1. The Bertz CT molecular complexity index is 759. The lowest BCUT2D eigenvalue weighted by atomic mass is 9.96. The maximum absolute atomic E-state index is 13.9. The molecule has 0 saturated heterocycles. The second kappa shape index (κ2) is 6.36. The molecule has 24 heavy (non-hydrogen) atoms. The van der Waals surface area contributed by atoms with Gasteiger partial charge < -0.3 is 20.7 Å². The van der Waals surface area contributed by atoms with Crippen LogP contribution >= 0.6 is 0 Å². The molecule has 0 fully saturated rings. The highest BCUT2D eigenvalue weighted by atomic mass is 19.4. The summed E-state index contributed by atoms with van der Waals surface area (Å²) in [6.07, 6.45) is -4.86. The summed E-state index contributed by atoms with van der Waals surface area (Å²) in [4.78, 5) is 11.0. The van der Waals surface area contributed by atoms with Crippen molar-refractivity contribution in [3.05, 3.63) is 58.9 Å². The minimum Gasteiger partial charge on any atom is -0.507 e. The Morgan fingerprint density at radius 2 is 1.71 bits per heavy atom. The first-order valence-corrected chi connectivity index (χ1v) is 6.46. The van der Waals surface area contributed by atoms with Crippen molar-refractivity contribution >= 4 is 5.97 Å². The summed E-state index contributed by atoms with van der Waals surface area (Å²) in [6.45, 7) is 0. The third-order valence-corrected chi connectivity index (χ3v) is 3.18. The van der Waals surface area contributed by atoms with Gasteiger partial charge in [0.2, 0.25) is 0 Å². The molecule has 0 spiro atoms. The molecular weight excluding hydrogens is 334 g/mol.